The van der Waals surface area contributed by atoms with E-state index < -0.39 is 33.2 Å². The third-order valence-electron chi connectivity index (χ3n) is 2.40. The Balaban J connectivity index is 2.67. The number of benzene rings is 1. The van der Waals surface area contributed by atoms with Crippen molar-refractivity contribution in [3.8, 4) is 0 Å². The summed E-state index contributed by atoms with van der Waals surface area (Å²) in [5.41, 5.74) is -0.723. The first kappa shape index (κ1) is 16.8. The van der Waals surface area contributed by atoms with Gasteiger partial charge in [-0.2, -0.15) is 0 Å². The van der Waals surface area contributed by atoms with E-state index >= 15 is 0 Å². The summed E-state index contributed by atoms with van der Waals surface area (Å²) >= 11 is 0. The molecule has 1 aromatic carbocycles. The van der Waals surface area contributed by atoms with Crippen molar-refractivity contribution in [1.82, 2.24) is 5.32 Å². The lowest BCUT2D eigenvalue weighted by Gasteiger charge is -2.11. The first-order valence-corrected chi connectivity index (χ1v) is 7.75. The van der Waals surface area contributed by atoms with Crippen LogP contribution >= 0.6 is 0 Å². The van der Waals surface area contributed by atoms with Gasteiger partial charge in [0.25, 0.3) is 0 Å². The standard InChI is InChI=1S/C12H17F3N2O2S/c1-8(2)16-4-3-5-20(18,19)17-11-7-9(13)6-10(14)12(11)15/h6-8,16-17H,3-5H2,1-2H3. The van der Waals surface area contributed by atoms with Crippen LogP contribution in [0, 0.1) is 17.5 Å². The Hall–Kier alpha value is -1.28. The van der Waals surface area contributed by atoms with Gasteiger partial charge in [-0.1, -0.05) is 13.8 Å². The van der Waals surface area contributed by atoms with Crippen LogP contribution in [0.3, 0.4) is 0 Å². The molecule has 1 rings (SSSR count). The third kappa shape index (κ3) is 5.38. The van der Waals surface area contributed by atoms with Crippen molar-refractivity contribution in [1.29, 1.82) is 0 Å². The summed E-state index contributed by atoms with van der Waals surface area (Å²) < 4.78 is 64.4. The van der Waals surface area contributed by atoms with E-state index in [9.17, 15) is 21.6 Å². The molecular weight excluding hydrogens is 293 g/mol. The van der Waals surface area contributed by atoms with E-state index in [1.807, 2.05) is 18.6 Å². The summed E-state index contributed by atoms with van der Waals surface area (Å²) in [4.78, 5) is 0. The summed E-state index contributed by atoms with van der Waals surface area (Å²) in [7, 11) is -3.85. The number of anilines is 1. The molecule has 0 bridgehead atoms. The van der Waals surface area contributed by atoms with E-state index in [0.717, 1.165) is 0 Å². The fourth-order valence-electron chi connectivity index (χ4n) is 1.50. The zero-order valence-electron chi connectivity index (χ0n) is 11.2. The highest BCUT2D eigenvalue weighted by atomic mass is 32.2. The maximum Gasteiger partial charge on any atom is 0.232 e. The van der Waals surface area contributed by atoms with Crippen molar-refractivity contribution in [2.75, 3.05) is 17.0 Å². The Morgan fingerprint density at radius 3 is 2.45 bits per heavy atom. The van der Waals surface area contributed by atoms with E-state index in [1.165, 1.54) is 0 Å². The van der Waals surface area contributed by atoms with Gasteiger partial charge in [0.05, 0.1) is 11.4 Å². The zero-order valence-corrected chi connectivity index (χ0v) is 12.0. The predicted octanol–water partition coefficient (Wildman–Crippen LogP) is 2.23. The lowest BCUT2D eigenvalue weighted by atomic mass is 10.3. The number of halogens is 3. The Bertz CT molecular complexity index is 562. The van der Waals surface area contributed by atoms with Crippen LogP contribution in [0.15, 0.2) is 12.1 Å². The molecule has 0 amide bonds. The first-order valence-electron chi connectivity index (χ1n) is 6.09. The minimum atomic E-state index is -3.85. The Labute approximate surface area is 116 Å². The summed E-state index contributed by atoms with van der Waals surface area (Å²) in [5.74, 6) is -4.19. The van der Waals surface area contributed by atoms with Crippen LogP contribution in [-0.2, 0) is 10.0 Å². The van der Waals surface area contributed by atoms with Crippen molar-refractivity contribution in [3.05, 3.63) is 29.6 Å². The fraction of sp³-hybridized carbons (Fsp3) is 0.500. The molecule has 8 heteroatoms. The van der Waals surface area contributed by atoms with Gasteiger partial charge in [0, 0.05) is 18.2 Å². The van der Waals surface area contributed by atoms with Gasteiger partial charge in [0.2, 0.25) is 10.0 Å². The normalized spacial score (nSPS) is 11.9. The molecular formula is C12H17F3N2O2S. The molecule has 0 fully saturated rings. The van der Waals surface area contributed by atoms with E-state index in [1.54, 1.807) is 0 Å². The molecule has 0 aliphatic rings. The largest absolute Gasteiger partial charge is 0.314 e. The van der Waals surface area contributed by atoms with E-state index in [4.69, 9.17) is 0 Å². The average molecular weight is 310 g/mol. The highest BCUT2D eigenvalue weighted by Crippen LogP contribution is 2.20. The molecule has 0 radical (unpaired) electrons. The van der Waals surface area contributed by atoms with Crippen molar-refractivity contribution >= 4 is 15.7 Å². The van der Waals surface area contributed by atoms with Crippen LogP contribution in [0.2, 0.25) is 0 Å². The Morgan fingerprint density at radius 1 is 1.20 bits per heavy atom. The van der Waals surface area contributed by atoms with E-state index in [0.29, 0.717) is 25.1 Å². The van der Waals surface area contributed by atoms with Gasteiger partial charge in [0.1, 0.15) is 5.82 Å². The van der Waals surface area contributed by atoms with Gasteiger partial charge in [-0.05, 0) is 13.0 Å². The van der Waals surface area contributed by atoms with E-state index in [-0.39, 0.29) is 11.8 Å². The summed E-state index contributed by atoms with van der Waals surface area (Å²) in [5, 5.41) is 3.03. The molecule has 0 aliphatic heterocycles. The second-order valence-electron chi connectivity index (χ2n) is 4.63. The van der Waals surface area contributed by atoms with Gasteiger partial charge in [0.15, 0.2) is 11.6 Å². The number of sulfonamides is 1. The number of hydrogen-bond donors (Lipinski definition) is 2. The highest BCUT2D eigenvalue weighted by Gasteiger charge is 2.17. The van der Waals surface area contributed by atoms with Crippen molar-refractivity contribution in [2.45, 2.75) is 26.3 Å². The summed E-state index contributed by atoms with van der Waals surface area (Å²) in [6.07, 6.45) is 0.299. The van der Waals surface area contributed by atoms with Crippen molar-refractivity contribution < 1.29 is 21.6 Å². The second kappa shape index (κ2) is 6.94. The molecule has 0 heterocycles. The van der Waals surface area contributed by atoms with E-state index in [2.05, 4.69) is 5.32 Å². The lowest BCUT2D eigenvalue weighted by molar-refractivity contribution is 0.498. The van der Waals surface area contributed by atoms with Gasteiger partial charge in [-0.15, -0.1) is 0 Å². The molecule has 0 aliphatic carbocycles. The van der Waals surface area contributed by atoms with Crippen molar-refractivity contribution in [2.24, 2.45) is 0 Å². The van der Waals surface area contributed by atoms with Gasteiger partial charge < -0.3 is 5.32 Å². The second-order valence-corrected chi connectivity index (χ2v) is 6.47. The van der Waals surface area contributed by atoms with Gasteiger partial charge >= 0.3 is 0 Å². The molecule has 4 nitrogen and oxygen atoms in total. The molecule has 0 aromatic heterocycles. The minimum Gasteiger partial charge on any atom is -0.314 e. The average Bonchev–Trinajstić information content (AvgIpc) is 2.30. The number of nitrogens with one attached hydrogen (secondary N) is 2. The molecule has 20 heavy (non-hydrogen) atoms. The van der Waals surface area contributed by atoms with Crippen LogP contribution in [0.4, 0.5) is 18.9 Å². The van der Waals surface area contributed by atoms with Gasteiger partial charge in [-0.25, -0.2) is 21.6 Å². The SMILES string of the molecule is CC(C)NCCCS(=O)(=O)Nc1cc(F)cc(F)c1F. The van der Waals surface area contributed by atoms with Crippen molar-refractivity contribution in [3.63, 3.8) is 0 Å². The third-order valence-corrected chi connectivity index (χ3v) is 3.76. The predicted molar refractivity (Wildman–Crippen MR) is 71.5 cm³/mol. The topological polar surface area (TPSA) is 58.2 Å². The maximum atomic E-state index is 13.3. The Kier molecular flexibility index (Phi) is 5.82. The summed E-state index contributed by atoms with van der Waals surface area (Å²) in [6.45, 7) is 4.30. The van der Waals surface area contributed by atoms with Crippen LogP contribution in [0.5, 0.6) is 0 Å². The monoisotopic (exact) mass is 310 g/mol. The van der Waals surface area contributed by atoms with Crippen LogP contribution in [0.25, 0.3) is 0 Å². The smallest absolute Gasteiger partial charge is 0.232 e. The number of rotatable bonds is 7. The summed E-state index contributed by atoms with van der Waals surface area (Å²) in [6, 6.07) is 1.17. The molecule has 2 N–H and O–H groups in total. The van der Waals surface area contributed by atoms with Gasteiger partial charge in [-0.3, -0.25) is 4.72 Å². The minimum absolute atomic E-state index is 0.223. The molecule has 0 spiro atoms. The molecule has 0 saturated heterocycles. The fourth-order valence-corrected chi connectivity index (χ4v) is 2.61. The van der Waals surface area contributed by atoms with Crippen LogP contribution in [-0.4, -0.2) is 26.8 Å². The highest BCUT2D eigenvalue weighted by molar-refractivity contribution is 7.92. The molecule has 0 saturated carbocycles. The number of hydrogen-bond acceptors (Lipinski definition) is 3. The molecule has 114 valence electrons. The Morgan fingerprint density at radius 2 is 1.85 bits per heavy atom. The van der Waals surface area contributed by atoms with Crippen LogP contribution < -0.4 is 10.0 Å². The maximum absolute atomic E-state index is 13.3. The quantitative estimate of drug-likeness (QED) is 0.600. The lowest BCUT2D eigenvalue weighted by Crippen LogP contribution is -2.26. The molecule has 0 atom stereocenters. The first-order chi connectivity index (χ1) is 9.21. The molecule has 0 unspecified atom stereocenters. The zero-order chi connectivity index (χ0) is 15.3. The molecule has 1 aromatic rings. The van der Waals surface area contributed by atoms with Crippen LogP contribution in [0.1, 0.15) is 20.3 Å².